The topological polar surface area (TPSA) is 177 Å². The van der Waals surface area contributed by atoms with Crippen LogP contribution in [0.2, 0.25) is 0 Å². The van der Waals surface area contributed by atoms with Gasteiger partial charge in [0.15, 0.2) is 0 Å². The Hall–Kier alpha value is -1.30. The molecule has 1 rings (SSSR count). The van der Waals surface area contributed by atoms with Crippen LogP contribution in [0.1, 0.15) is 13.3 Å². The predicted octanol–water partition coefficient (Wildman–Crippen LogP) is -3.87. The number of hydrogen-bond donors (Lipinski definition) is 7. The van der Waals surface area contributed by atoms with Gasteiger partial charge in [-0.1, -0.05) is 0 Å². The molecule has 1 aliphatic rings. The smallest absolute Gasteiger partial charge is 0.364 e. The van der Waals surface area contributed by atoms with Crippen LogP contribution in [0.5, 0.6) is 0 Å². The fourth-order valence-electron chi connectivity index (χ4n) is 2.14. The zero-order chi connectivity index (χ0) is 16.4. The number of aliphatic hydroxyl groups is 5. The van der Waals surface area contributed by atoms with Crippen LogP contribution in [0.4, 0.5) is 0 Å². The van der Waals surface area contributed by atoms with Gasteiger partial charge in [0.05, 0.1) is 18.8 Å². The van der Waals surface area contributed by atoms with Crippen molar-refractivity contribution < 1.29 is 45.0 Å². The number of ether oxygens (including phenoxy) is 1. The maximum Gasteiger partial charge on any atom is 0.364 e. The summed E-state index contributed by atoms with van der Waals surface area (Å²) in [7, 11) is 0. The minimum absolute atomic E-state index is 0.598. The summed E-state index contributed by atoms with van der Waals surface area (Å²) in [5.41, 5.74) is 0. The van der Waals surface area contributed by atoms with Gasteiger partial charge in [-0.25, -0.2) is 4.79 Å². The Morgan fingerprint density at radius 2 is 2.00 bits per heavy atom. The number of aliphatic carboxylic acids is 1. The number of carbonyl (C=O) groups excluding carboxylic acids is 1. The first-order valence-corrected chi connectivity index (χ1v) is 6.18. The Kier molecular flexibility index (Phi) is 5.61. The van der Waals surface area contributed by atoms with E-state index in [-0.39, 0.29) is 0 Å². The first kappa shape index (κ1) is 17.8. The summed E-state index contributed by atoms with van der Waals surface area (Å²) >= 11 is 0. The zero-order valence-corrected chi connectivity index (χ0v) is 11.2. The van der Waals surface area contributed by atoms with E-state index in [2.05, 4.69) is 5.32 Å². The second-order valence-electron chi connectivity index (χ2n) is 4.91. The first-order chi connectivity index (χ1) is 9.62. The molecule has 122 valence electrons. The molecule has 1 fully saturated rings. The molecule has 7 N–H and O–H groups in total. The van der Waals surface area contributed by atoms with Gasteiger partial charge >= 0.3 is 5.97 Å². The Morgan fingerprint density at radius 3 is 2.43 bits per heavy atom. The Balaban J connectivity index is 3.07. The maximum absolute atomic E-state index is 11.1. The molecule has 0 aliphatic carbocycles. The third kappa shape index (κ3) is 3.87. The van der Waals surface area contributed by atoms with Crippen LogP contribution in [0.25, 0.3) is 0 Å². The van der Waals surface area contributed by atoms with E-state index in [0.29, 0.717) is 0 Å². The fraction of sp³-hybridized carbons (Fsp3) is 0.818. The van der Waals surface area contributed by atoms with Crippen LogP contribution in [-0.2, 0) is 14.3 Å². The molecule has 1 saturated heterocycles. The summed E-state index contributed by atoms with van der Waals surface area (Å²) in [4.78, 5) is 22.1. The number of nitrogens with one attached hydrogen (secondary N) is 1. The van der Waals surface area contributed by atoms with Crippen molar-refractivity contribution in [2.45, 2.75) is 49.6 Å². The lowest BCUT2D eigenvalue weighted by atomic mass is 9.88. The van der Waals surface area contributed by atoms with Gasteiger partial charge < -0.3 is 40.7 Å². The van der Waals surface area contributed by atoms with E-state index in [9.17, 15) is 30.0 Å². The van der Waals surface area contributed by atoms with Crippen molar-refractivity contribution in [1.82, 2.24) is 5.32 Å². The van der Waals surface area contributed by atoms with Gasteiger partial charge in [-0.15, -0.1) is 0 Å². The molecule has 4 unspecified atom stereocenters. The third-order valence-electron chi connectivity index (χ3n) is 3.21. The molecule has 6 atom stereocenters. The molecule has 1 aliphatic heterocycles. The van der Waals surface area contributed by atoms with Gasteiger partial charge in [-0.05, 0) is 0 Å². The minimum Gasteiger partial charge on any atom is -0.477 e. The quantitative estimate of drug-likeness (QED) is 0.268. The number of amides is 1. The lowest BCUT2D eigenvalue weighted by Crippen LogP contribution is -2.67. The molecular weight excluding hydrogens is 290 g/mol. The average Bonchev–Trinajstić information content (AvgIpc) is 2.39. The van der Waals surface area contributed by atoms with E-state index in [4.69, 9.17) is 14.9 Å². The maximum atomic E-state index is 11.1. The molecule has 0 aromatic carbocycles. The molecular formula is C11H19NO9. The molecule has 1 heterocycles. The van der Waals surface area contributed by atoms with Crippen molar-refractivity contribution in [3.63, 3.8) is 0 Å². The van der Waals surface area contributed by atoms with Gasteiger partial charge in [0.2, 0.25) is 5.91 Å². The monoisotopic (exact) mass is 309 g/mol. The highest BCUT2D eigenvalue weighted by molar-refractivity contribution is 5.76. The lowest BCUT2D eigenvalue weighted by molar-refractivity contribution is -0.295. The van der Waals surface area contributed by atoms with Crippen molar-refractivity contribution in [3.05, 3.63) is 0 Å². The van der Waals surface area contributed by atoms with Crippen LogP contribution >= 0.6 is 0 Å². The predicted molar refractivity (Wildman–Crippen MR) is 64.8 cm³/mol. The number of rotatable bonds is 5. The Morgan fingerprint density at radius 1 is 1.43 bits per heavy atom. The van der Waals surface area contributed by atoms with E-state index < -0.39 is 61.1 Å². The van der Waals surface area contributed by atoms with E-state index in [1.165, 1.54) is 0 Å². The molecule has 1 amide bonds. The number of carboxylic acids is 1. The molecule has 0 aromatic rings. The van der Waals surface area contributed by atoms with Gasteiger partial charge in [0.1, 0.15) is 18.3 Å². The average molecular weight is 309 g/mol. The van der Waals surface area contributed by atoms with Crippen LogP contribution in [0, 0.1) is 0 Å². The molecule has 0 aromatic heterocycles. The van der Waals surface area contributed by atoms with E-state index in [1.54, 1.807) is 0 Å². The number of carboxylic acid groups (broad SMARTS) is 1. The van der Waals surface area contributed by atoms with Crippen LogP contribution in [-0.4, -0.2) is 85.4 Å². The second-order valence-corrected chi connectivity index (χ2v) is 4.91. The number of aliphatic hydroxyl groups excluding tert-OH is 4. The summed E-state index contributed by atoms with van der Waals surface area (Å²) in [5.74, 6) is -5.17. The summed E-state index contributed by atoms with van der Waals surface area (Å²) < 4.78 is 4.86. The van der Waals surface area contributed by atoms with Gasteiger partial charge in [-0.2, -0.15) is 0 Å². The minimum atomic E-state index is -2.78. The number of carbonyl (C=O) groups is 2. The van der Waals surface area contributed by atoms with E-state index in [1.807, 2.05) is 0 Å². The fourth-order valence-corrected chi connectivity index (χ4v) is 2.14. The molecule has 0 bridgehead atoms. The van der Waals surface area contributed by atoms with Crippen molar-refractivity contribution in [2.75, 3.05) is 6.61 Å². The molecule has 0 saturated carbocycles. The summed E-state index contributed by atoms with van der Waals surface area (Å²) in [6.45, 7) is 0.256. The second kappa shape index (κ2) is 6.64. The van der Waals surface area contributed by atoms with E-state index >= 15 is 0 Å². The molecule has 10 nitrogen and oxygen atoms in total. The highest BCUT2D eigenvalue weighted by Gasteiger charge is 2.53. The largest absolute Gasteiger partial charge is 0.477 e. The number of hydrogen-bond acceptors (Lipinski definition) is 8. The van der Waals surface area contributed by atoms with Crippen LogP contribution < -0.4 is 5.32 Å². The molecule has 10 heteroatoms. The SMILES string of the molecule is CC(=O)NC1C(C(O)C(O)CO)O[C@](O)(C(=O)O)C[C@@H]1O. The highest BCUT2D eigenvalue weighted by Crippen LogP contribution is 2.30. The van der Waals surface area contributed by atoms with Gasteiger partial charge in [0, 0.05) is 13.3 Å². The van der Waals surface area contributed by atoms with Crippen molar-refractivity contribution in [3.8, 4) is 0 Å². The van der Waals surface area contributed by atoms with Gasteiger partial charge in [-0.3, -0.25) is 4.79 Å². The van der Waals surface area contributed by atoms with Crippen molar-refractivity contribution >= 4 is 11.9 Å². The van der Waals surface area contributed by atoms with Crippen LogP contribution in [0.15, 0.2) is 0 Å². The Labute approximate surface area is 119 Å². The zero-order valence-electron chi connectivity index (χ0n) is 11.2. The standard InChI is InChI=1S/C11H19NO9/c1-4(14)12-7-5(15)2-11(20,10(18)19)21-9(7)8(17)6(16)3-13/h5-9,13,15-17,20H,2-3H2,1H3,(H,12,14)(H,18,19)/t5-,6?,7?,8?,9?,11-/m0/s1. The molecule has 0 radical (unpaired) electrons. The van der Waals surface area contributed by atoms with E-state index in [0.717, 1.165) is 6.92 Å². The highest BCUT2D eigenvalue weighted by atomic mass is 16.7. The molecule has 21 heavy (non-hydrogen) atoms. The van der Waals surface area contributed by atoms with Crippen molar-refractivity contribution in [2.24, 2.45) is 0 Å². The van der Waals surface area contributed by atoms with Crippen LogP contribution in [0.3, 0.4) is 0 Å². The van der Waals surface area contributed by atoms with Crippen molar-refractivity contribution in [1.29, 1.82) is 0 Å². The van der Waals surface area contributed by atoms with Gasteiger partial charge in [0.25, 0.3) is 5.79 Å². The summed E-state index contributed by atoms with van der Waals surface area (Å²) in [6, 6.07) is -1.27. The molecule has 0 spiro atoms. The lowest BCUT2D eigenvalue weighted by Gasteiger charge is -2.44. The summed E-state index contributed by atoms with van der Waals surface area (Å²) in [5, 5.41) is 59.0. The third-order valence-corrected chi connectivity index (χ3v) is 3.21. The summed E-state index contributed by atoms with van der Waals surface area (Å²) in [6.07, 6.45) is -7.48. The normalized spacial score (nSPS) is 35.8. The Bertz CT molecular complexity index is 403. The first-order valence-electron chi connectivity index (χ1n) is 6.18.